The predicted molar refractivity (Wildman–Crippen MR) is 44.8 cm³/mol. The molecule has 0 radical (unpaired) electrons. The normalized spacial score (nSPS) is 9.92. The van der Waals surface area contributed by atoms with Crippen LogP contribution < -0.4 is 0 Å². The van der Waals surface area contributed by atoms with Crippen molar-refractivity contribution in [3.05, 3.63) is 29.8 Å². The number of halogens is 1. The largest absolute Gasteiger partial charge is 0.481 e. The lowest BCUT2D eigenvalue weighted by atomic mass is 10.2. The van der Waals surface area contributed by atoms with E-state index in [2.05, 4.69) is 4.98 Å². The Balaban J connectivity index is 2.41. The first-order valence-corrected chi connectivity index (χ1v) is 4.00. The van der Waals surface area contributed by atoms with E-state index in [0.717, 1.165) is 0 Å². The summed E-state index contributed by atoms with van der Waals surface area (Å²) in [6, 6.07) is 2.59. The Bertz CT molecular complexity index is 301. The number of rotatable bonds is 4. The summed E-state index contributed by atoms with van der Waals surface area (Å²) >= 11 is 0. The van der Waals surface area contributed by atoms with Gasteiger partial charge in [0.1, 0.15) is 5.82 Å². The number of hydrogen-bond donors (Lipinski definition) is 1. The highest BCUT2D eigenvalue weighted by molar-refractivity contribution is 5.66. The standard InChI is InChI=1S/C9H10FNO2/c10-7-4-5-11-8(6-7)2-1-3-9(12)13/h4-6H,1-3H2,(H,12,13). The van der Waals surface area contributed by atoms with Gasteiger partial charge < -0.3 is 5.11 Å². The lowest BCUT2D eigenvalue weighted by Crippen LogP contribution is -1.97. The van der Waals surface area contributed by atoms with Crippen LogP contribution in [0.4, 0.5) is 4.39 Å². The molecule has 0 saturated heterocycles. The number of aryl methyl sites for hydroxylation is 1. The van der Waals surface area contributed by atoms with Crippen molar-refractivity contribution in [2.24, 2.45) is 0 Å². The number of aliphatic carboxylic acids is 1. The molecule has 70 valence electrons. The molecule has 1 N–H and O–H groups in total. The van der Waals surface area contributed by atoms with Crippen molar-refractivity contribution in [1.82, 2.24) is 4.98 Å². The lowest BCUT2D eigenvalue weighted by molar-refractivity contribution is -0.137. The number of hydrogen-bond acceptors (Lipinski definition) is 2. The van der Waals surface area contributed by atoms with Gasteiger partial charge in [0.2, 0.25) is 0 Å². The molecule has 0 aliphatic carbocycles. The van der Waals surface area contributed by atoms with E-state index >= 15 is 0 Å². The van der Waals surface area contributed by atoms with Crippen LogP contribution in [0, 0.1) is 5.82 Å². The Morgan fingerprint density at radius 2 is 2.38 bits per heavy atom. The monoisotopic (exact) mass is 183 g/mol. The first kappa shape index (κ1) is 9.64. The van der Waals surface area contributed by atoms with E-state index in [4.69, 9.17) is 5.11 Å². The Hall–Kier alpha value is -1.45. The molecular weight excluding hydrogens is 173 g/mol. The summed E-state index contributed by atoms with van der Waals surface area (Å²) in [5.74, 6) is -1.17. The highest BCUT2D eigenvalue weighted by Gasteiger charge is 1.99. The van der Waals surface area contributed by atoms with Crippen LogP contribution in [0.5, 0.6) is 0 Å². The summed E-state index contributed by atoms with van der Waals surface area (Å²) < 4.78 is 12.6. The molecule has 0 aliphatic heterocycles. The van der Waals surface area contributed by atoms with Gasteiger partial charge in [0.05, 0.1) is 0 Å². The molecule has 0 aliphatic rings. The fraction of sp³-hybridized carbons (Fsp3) is 0.333. The fourth-order valence-electron chi connectivity index (χ4n) is 1.01. The molecule has 3 nitrogen and oxygen atoms in total. The first-order valence-electron chi connectivity index (χ1n) is 4.00. The van der Waals surface area contributed by atoms with Gasteiger partial charge in [0.25, 0.3) is 0 Å². The molecule has 13 heavy (non-hydrogen) atoms. The van der Waals surface area contributed by atoms with E-state index in [1.54, 1.807) is 0 Å². The van der Waals surface area contributed by atoms with Crippen molar-refractivity contribution in [3.8, 4) is 0 Å². The summed E-state index contributed by atoms with van der Waals surface area (Å²) in [7, 11) is 0. The van der Waals surface area contributed by atoms with E-state index < -0.39 is 5.97 Å². The lowest BCUT2D eigenvalue weighted by Gasteiger charge is -1.97. The Labute approximate surface area is 75.2 Å². The maximum Gasteiger partial charge on any atom is 0.303 e. The molecule has 1 heterocycles. The van der Waals surface area contributed by atoms with Crippen LogP contribution >= 0.6 is 0 Å². The van der Waals surface area contributed by atoms with E-state index in [0.29, 0.717) is 18.5 Å². The third-order valence-corrected chi connectivity index (χ3v) is 1.60. The van der Waals surface area contributed by atoms with Crippen LogP contribution in [0.15, 0.2) is 18.3 Å². The number of nitrogens with zero attached hydrogens (tertiary/aromatic N) is 1. The number of carboxylic acids is 1. The average molecular weight is 183 g/mol. The van der Waals surface area contributed by atoms with Crippen LogP contribution in [0.3, 0.4) is 0 Å². The molecule has 0 aromatic carbocycles. The smallest absolute Gasteiger partial charge is 0.303 e. The van der Waals surface area contributed by atoms with Gasteiger partial charge in [-0.3, -0.25) is 9.78 Å². The molecule has 0 fully saturated rings. The Kier molecular flexibility index (Phi) is 3.37. The Morgan fingerprint density at radius 1 is 1.62 bits per heavy atom. The van der Waals surface area contributed by atoms with E-state index in [-0.39, 0.29) is 12.2 Å². The van der Waals surface area contributed by atoms with Crippen molar-refractivity contribution in [2.45, 2.75) is 19.3 Å². The van der Waals surface area contributed by atoms with Gasteiger partial charge >= 0.3 is 5.97 Å². The second-order valence-corrected chi connectivity index (χ2v) is 2.71. The molecular formula is C9H10FNO2. The van der Waals surface area contributed by atoms with Crippen LogP contribution in [-0.4, -0.2) is 16.1 Å². The van der Waals surface area contributed by atoms with Gasteiger partial charge in [-0.1, -0.05) is 0 Å². The van der Waals surface area contributed by atoms with Crippen molar-refractivity contribution in [2.75, 3.05) is 0 Å². The van der Waals surface area contributed by atoms with E-state index in [1.165, 1.54) is 18.3 Å². The van der Waals surface area contributed by atoms with E-state index in [1.807, 2.05) is 0 Å². The average Bonchev–Trinajstić information content (AvgIpc) is 2.03. The molecule has 0 bridgehead atoms. The molecule has 0 amide bonds. The minimum atomic E-state index is -0.837. The number of carboxylic acid groups (broad SMARTS) is 1. The third-order valence-electron chi connectivity index (χ3n) is 1.60. The summed E-state index contributed by atoms with van der Waals surface area (Å²) in [5, 5.41) is 8.35. The van der Waals surface area contributed by atoms with Crippen molar-refractivity contribution in [1.29, 1.82) is 0 Å². The molecule has 1 aromatic rings. The molecule has 0 saturated carbocycles. The van der Waals surface area contributed by atoms with Crippen molar-refractivity contribution < 1.29 is 14.3 Å². The molecule has 0 unspecified atom stereocenters. The van der Waals surface area contributed by atoms with Gasteiger partial charge in [-0.05, 0) is 25.0 Å². The van der Waals surface area contributed by atoms with Crippen LogP contribution in [-0.2, 0) is 11.2 Å². The zero-order chi connectivity index (χ0) is 9.68. The maximum absolute atomic E-state index is 12.6. The number of aromatic nitrogens is 1. The molecule has 1 rings (SSSR count). The predicted octanol–water partition coefficient (Wildman–Crippen LogP) is 1.63. The van der Waals surface area contributed by atoms with Gasteiger partial charge in [0, 0.05) is 18.3 Å². The second kappa shape index (κ2) is 4.54. The first-order chi connectivity index (χ1) is 6.18. The highest BCUT2D eigenvalue weighted by Crippen LogP contribution is 2.03. The minimum absolute atomic E-state index is 0.0954. The summed E-state index contributed by atoms with van der Waals surface area (Å²) in [4.78, 5) is 14.1. The highest BCUT2D eigenvalue weighted by atomic mass is 19.1. The van der Waals surface area contributed by atoms with Crippen molar-refractivity contribution in [3.63, 3.8) is 0 Å². The summed E-state index contributed by atoms with van der Waals surface area (Å²) in [6.07, 6.45) is 2.47. The number of pyridine rings is 1. The molecule has 4 heteroatoms. The third kappa shape index (κ3) is 3.64. The summed E-state index contributed by atoms with van der Waals surface area (Å²) in [5.41, 5.74) is 0.598. The quantitative estimate of drug-likeness (QED) is 0.771. The van der Waals surface area contributed by atoms with Gasteiger partial charge in [-0.2, -0.15) is 0 Å². The van der Waals surface area contributed by atoms with Gasteiger partial charge in [0.15, 0.2) is 0 Å². The Morgan fingerprint density at radius 3 is 3.00 bits per heavy atom. The molecule has 0 spiro atoms. The fourth-order valence-corrected chi connectivity index (χ4v) is 1.01. The van der Waals surface area contributed by atoms with Crippen LogP contribution in [0.1, 0.15) is 18.5 Å². The summed E-state index contributed by atoms with van der Waals surface area (Å²) in [6.45, 7) is 0. The van der Waals surface area contributed by atoms with Crippen LogP contribution in [0.2, 0.25) is 0 Å². The van der Waals surface area contributed by atoms with Crippen molar-refractivity contribution >= 4 is 5.97 Å². The zero-order valence-electron chi connectivity index (χ0n) is 7.03. The van der Waals surface area contributed by atoms with Gasteiger partial charge in [-0.15, -0.1) is 0 Å². The maximum atomic E-state index is 12.6. The van der Waals surface area contributed by atoms with Crippen LogP contribution in [0.25, 0.3) is 0 Å². The SMILES string of the molecule is O=C(O)CCCc1cc(F)ccn1. The van der Waals surface area contributed by atoms with Gasteiger partial charge in [-0.25, -0.2) is 4.39 Å². The molecule has 1 aromatic heterocycles. The second-order valence-electron chi connectivity index (χ2n) is 2.71. The number of carbonyl (C=O) groups is 1. The minimum Gasteiger partial charge on any atom is -0.481 e. The van der Waals surface area contributed by atoms with E-state index in [9.17, 15) is 9.18 Å². The topological polar surface area (TPSA) is 50.2 Å². The zero-order valence-corrected chi connectivity index (χ0v) is 7.03. The molecule has 0 atom stereocenters.